The molecule has 14 atom stereocenters. The van der Waals surface area contributed by atoms with Crippen molar-refractivity contribution < 1.29 is 153 Å². The van der Waals surface area contributed by atoms with Gasteiger partial charge in [-0.15, -0.1) is 0 Å². The number of hydrogen-bond donors (Lipinski definition) is 16. The van der Waals surface area contributed by atoms with E-state index in [4.69, 9.17) is 47.4 Å². The first-order valence-electron chi connectivity index (χ1n) is 22.4. The molecule has 2 unspecified atom stereocenters. The van der Waals surface area contributed by atoms with Crippen molar-refractivity contribution in [2.24, 2.45) is 5.41 Å². The van der Waals surface area contributed by atoms with Gasteiger partial charge in [0.15, 0.2) is 64.0 Å². The fourth-order valence-corrected chi connectivity index (χ4v) is 11.6. The number of cyclic esters (lactones) is 1. The third kappa shape index (κ3) is 6.06. The molecule has 4 aromatic rings. The summed E-state index contributed by atoms with van der Waals surface area (Å²) in [6.45, 7) is -2.24. The number of phenolic OH excluding ortho intramolecular Hbond substituents is 11. The van der Waals surface area contributed by atoms with E-state index in [9.17, 15) is 96.1 Å². The van der Waals surface area contributed by atoms with Crippen molar-refractivity contribution in [1.82, 2.24) is 0 Å². The fourth-order valence-electron chi connectivity index (χ4n) is 11.6. The van der Waals surface area contributed by atoms with Crippen LogP contribution in [0.4, 0.5) is 0 Å². The molecule has 0 aromatic heterocycles. The average molecular weight is 1080 g/mol. The number of aliphatic hydroxyl groups is 5. The van der Waals surface area contributed by atoms with Crippen LogP contribution in [0.5, 0.6) is 69.0 Å². The molecule has 31 nitrogen and oxygen atoms in total. The lowest BCUT2D eigenvalue weighted by Crippen LogP contribution is -2.83. The van der Waals surface area contributed by atoms with Crippen LogP contribution in [-0.4, -0.2) is 197 Å². The smallest absolute Gasteiger partial charge is 0.340 e. The van der Waals surface area contributed by atoms with Gasteiger partial charge in [0.2, 0.25) is 47.0 Å². The number of aromatic hydroxyl groups is 11. The molecule has 8 aliphatic rings. The molecule has 0 radical (unpaired) electrons. The van der Waals surface area contributed by atoms with Gasteiger partial charge in [0.1, 0.15) is 36.4 Å². The van der Waals surface area contributed by atoms with Crippen LogP contribution in [-0.2, 0) is 47.4 Å². The highest BCUT2D eigenvalue weighted by Crippen LogP contribution is 2.77. The maximum Gasteiger partial charge on any atom is 0.340 e. The van der Waals surface area contributed by atoms with Crippen molar-refractivity contribution in [3.63, 3.8) is 0 Å². The zero-order valence-electron chi connectivity index (χ0n) is 38.0. The van der Waals surface area contributed by atoms with E-state index in [0.717, 1.165) is 0 Å². The second-order valence-electron chi connectivity index (χ2n) is 19.1. The van der Waals surface area contributed by atoms with E-state index in [1.54, 1.807) is 0 Å². The third-order valence-corrected chi connectivity index (χ3v) is 15.0. The van der Waals surface area contributed by atoms with E-state index in [-0.39, 0.29) is 0 Å². The van der Waals surface area contributed by atoms with Gasteiger partial charge in [-0.25, -0.2) is 19.2 Å². The summed E-state index contributed by atoms with van der Waals surface area (Å²) in [5, 5.41) is 179. The Hall–Kier alpha value is -8.53. The first-order valence-corrected chi connectivity index (χ1v) is 22.4. The van der Waals surface area contributed by atoms with Crippen molar-refractivity contribution >= 4 is 29.8 Å². The molecule has 9 bridgehead atoms. The number of carbonyl (C=O) groups excluding carboxylic acids is 5. The predicted octanol–water partition coefficient (Wildman–Crippen LogP) is -2.65. The van der Waals surface area contributed by atoms with Crippen molar-refractivity contribution in [1.29, 1.82) is 0 Å². The minimum Gasteiger partial charge on any atom is -0.504 e. The minimum absolute atomic E-state index is 0.357. The molecule has 7 aliphatic heterocycles. The zero-order chi connectivity index (χ0) is 55.3. The van der Waals surface area contributed by atoms with E-state index in [2.05, 4.69) is 0 Å². The van der Waals surface area contributed by atoms with Gasteiger partial charge in [-0.1, -0.05) is 0 Å². The Balaban J connectivity index is 1.11. The van der Waals surface area contributed by atoms with Crippen molar-refractivity contribution in [2.45, 2.75) is 84.5 Å². The average Bonchev–Trinajstić information content (AvgIpc) is 2.35. The third-order valence-electron chi connectivity index (χ3n) is 15.0. The molecule has 0 amide bonds. The Bertz CT molecular complexity index is 3370. The van der Waals surface area contributed by atoms with Crippen LogP contribution in [0.15, 0.2) is 30.3 Å². The van der Waals surface area contributed by atoms with Crippen LogP contribution in [0.1, 0.15) is 59.3 Å². The highest BCUT2D eigenvalue weighted by atomic mass is 16.9. The molecule has 16 N–H and O–H groups in total. The van der Waals surface area contributed by atoms with E-state index in [1.807, 2.05) is 0 Å². The first kappa shape index (κ1) is 49.4. The molecular formula is C46H36O31. The lowest BCUT2D eigenvalue weighted by atomic mass is 9.53. The molecular weight excluding hydrogens is 1050 g/mol. The topological polar surface area (TPSA) is 501 Å². The summed E-state index contributed by atoms with van der Waals surface area (Å²) < 4.78 is 58.2. The fraction of sp³-hybridized carbons (Fsp3) is 0.370. The van der Waals surface area contributed by atoms with E-state index < -0.39 is 241 Å². The lowest BCUT2D eigenvalue weighted by molar-refractivity contribution is -0.490. The highest BCUT2D eigenvalue weighted by molar-refractivity contribution is 6.08. The summed E-state index contributed by atoms with van der Waals surface area (Å²) in [5.74, 6) is -41.2. The summed E-state index contributed by atoms with van der Waals surface area (Å²) in [4.78, 5) is 74.4. The van der Waals surface area contributed by atoms with Crippen molar-refractivity contribution in [3.05, 3.63) is 58.1 Å². The van der Waals surface area contributed by atoms with Crippen LogP contribution < -0.4 is 4.74 Å². The second-order valence-corrected chi connectivity index (χ2v) is 19.1. The molecule has 4 aromatic carbocycles. The number of esters is 5. The van der Waals surface area contributed by atoms with Crippen molar-refractivity contribution in [3.8, 4) is 80.1 Å². The number of phenols is 11. The Kier molecular flexibility index (Phi) is 9.96. The number of fused-ring (bicyclic) bond motifs is 6. The van der Waals surface area contributed by atoms with Gasteiger partial charge in [-0.3, -0.25) is 4.79 Å². The molecule has 1 saturated carbocycles. The first-order chi connectivity index (χ1) is 36.1. The number of rotatable bonds is 2. The highest BCUT2D eigenvalue weighted by Gasteiger charge is 2.95. The molecule has 77 heavy (non-hydrogen) atoms. The summed E-state index contributed by atoms with van der Waals surface area (Å²) in [6, 6.07) is 2.36. The summed E-state index contributed by atoms with van der Waals surface area (Å²) in [6.07, 6.45) is -21.0. The molecule has 4 saturated heterocycles. The van der Waals surface area contributed by atoms with Gasteiger partial charge in [0.05, 0.1) is 34.8 Å². The van der Waals surface area contributed by atoms with Gasteiger partial charge >= 0.3 is 35.6 Å². The monoisotopic (exact) mass is 1080 g/mol. The molecule has 2 spiro atoms. The molecule has 5 fully saturated rings. The molecule has 7 heterocycles. The molecule has 406 valence electrons. The van der Waals surface area contributed by atoms with E-state index in [1.165, 1.54) is 0 Å². The standard InChI is InChI=1S/C46H36O31/c47-13-1-9(2-14(48)23(13)53)35(60)74-39-32-31-29(19(70-39)7-68-36(61)10-3-15(49)24(54)27(57)20(10)21-11(37(62)71-31)4-16(50)25(55)28(21)58)73-41(64)42-8-43(65)46(67)45(66,76-40(42)44(77-43)34(59)18(52)6-69-44)33(42)22-12(38(63)72-32)5-17(51)26(56)30(22)75-46/h1-5,18-19,29,31-34,39-40,47-59,65-67H,6-8H2/t18-,19+,29+,31-,32+,33+,34+,39-,40?,42+,43+,44?,45+,46-/m0/s1. The normalized spacial score (nSPS) is 36.1. The molecule has 12 rings (SSSR count). The quantitative estimate of drug-likeness (QED) is 0.0554. The number of carbonyl (C=O) groups is 5. The number of hydrogen-bond acceptors (Lipinski definition) is 31. The number of ether oxygens (including phenoxy) is 10. The zero-order valence-corrected chi connectivity index (χ0v) is 38.0. The summed E-state index contributed by atoms with van der Waals surface area (Å²) >= 11 is 0. The van der Waals surface area contributed by atoms with Gasteiger partial charge in [-0.2, -0.15) is 0 Å². The van der Waals surface area contributed by atoms with Crippen LogP contribution in [0.25, 0.3) is 11.1 Å². The SMILES string of the molecule is O=C(O[C@@H]1O[C@@H]2COC(=O)c3cc(O)c(O)c(O)c3-c3c(cc(O)c(O)c3O)C(=O)O[C@@H]3[C@H]1OC(=O)c1cc(O)c(O)c4c1[C@@H]1[C@@]5(C[C@@]6(O)OC7(OC[C@H](O)[C@H]7O)C5O[C@@]1(O)[C@@]6(O)O4)C(=O)O[C@@H]32)c1cc(O)c(O)c(O)c1. The Labute approximate surface area is 423 Å². The van der Waals surface area contributed by atoms with Crippen LogP contribution in [0, 0.1) is 5.41 Å². The maximum absolute atomic E-state index is 15.9. The summed E-state index contributed by atoms with van der Waals surface area (Å²) in [5.41, 5.74) is -10.4. The Morgan fingerprint density at radius 1 is 0.623 bits per heavy atom. The Morgan fingerprint density at radius 3 is 1.79 bits per heavy atom. The lowest BCUT2D eigenvalue weighted by Gasteiger charge is -2.62. The minimum atomic E-state index is -3.81. The number of aliphatic hydroxyl groups excluding tert-OH is 2. The number of benzene rings is 4. The van der Waals surface area contributed by atoms with E-state index >= 15 is 9.59 Å². The van der Waals surface area contributed by atoms with E-state index in [0.29, 0.717) is 30.3 Å². The van der Waals surface area contributed by atoms with Crippen LogP contribution >= 0.6 is 0 Å². The second kappa shape index (κ2) is 15.5. The van der Waals surface area contributed by atoms with Gasteiger partial charge in [-0.05, 0) is 30.3 Å². The van der Waals surface area contributed by atoms with Crippen LogP contribution in [0.2, 0.25) is 0 Å². The van der Waals surface area contributed by atoms with Crippen LogP contribution in [0.3, 0.4) is 0 Å². The molecule has 31 heteroatoms. The van der Waals surface area contributed by atoms with Gasteiger partial charge in [0.25, 0.3) is 0 Å². The van der Waals surface area contributed by atoms with Gasteiger partial charge < -0.3 is 129 Å². The summed E-state index contributed by atoms with van der Waals surface area (Å²) in [7, 11) is 0. The Morgan fingerprint density at radius 2 is 1.18 bits per heavy atom. The largest absolute Gasteiger partial charge is 0.504 e. The maximum atomic E-state index is 15.9. The van der Waals surface area contributed by atoms with Crippen molar-refractivity contribution in [2.75, 3.05) is 13.2 Å². The van der Waals surface area contributed by atoms with Gasteiger partial charge in [0, 0.05) is 23.1 Å². The predicted molar refractivity (Wildman–Crippen MR) is 228 cm³/mol. The molecule has 1 aliphatic carbocycles.